The Morgan fingerprint density at radius 2 is 1.94 bits per heavy atom. The molecule has 0 spiro atoms. The quantitative estimate of drug-likeness (QED) is 0.787. The Morgan fingerprint density at radius 1 is 1.28 bits per heavy atom. The molecule has 4 heteroatoms. The predicted molar refractivity (Wildman–Crippen MR) is 75.6 cm³/mol. The van der Waals surface area contributed by atoms with E-state index >= 15 is 0 Å². The minimum Gasteiger partial charge on any atom is -0.461 e. The minimum absolute atomic E-state index is 0.118. The van der Waals surface area contributed by atoms with Gasteiger partial charge in [-0.2, -0.15) is 0 Å². The van der Waals surface area contributed by atoms with Crippen molar-refractivity contribution in [3.63, 3.8) is 0 Å². The van der Waals surface area contributed by atoms with Crippen LogP contribution < -0.4 is 5.32 Å². The number of fused-ring (bicyclic) bond motifs is 1. The van der Waals surface area contributed by atoms with Crippen molar-refractivity contribution in [2.45, 2.75) is 27.7 Å². The molecule has 0 saturated carbocycles. The molecule has 0 aliphatic carbocycles. The van der Waals surface area contributed by atoms with Crippen LogP contribution in [0, 0.1) is 25.3 Å². The lowest BCUT2D eigenvalue weighted by molar-refractivity contribution is -0.114. The molecule has 0 atom stereocenters. The summed E-state index contributed by atoms with van der Waals surface area (Å²) in [5, 5.41) is 3.61. The van der Waals surface area contributed by atoms with Crippen LogP contribution in [0.25, 0.3) is 11.0 Å². The van der Waals surface area contributed by atoms with Gasteiger partial charge < -0.3 is 9.73 Å². The van der Waals surface area contributed by atoms with Crippen molar-refractivity contribution in [2.75, 3.05) is 5.32 Å². The van der Waals surface area contributed by atoms with Crippen LogP contribution in [0.2, 0.25) is 0 Å². The Labute approximate surface area is 111 Å². The molecule has 1 heterocycles. The normalized spacial score (nSPS) is 10.7. The Hall–Kier alpha value is -1.68. The molecule has 0 radical (unpaired) electrons. The summed E-state index contributed by atoms with van der Waals surface area (Å²) in [6.45, 7) is 7.27. The van der Waals surface area contributed by atoms with E-state index in [1.165, 1.54) is 6.92 Å². The van der Waals surface area contributed by atoms with Crippen LogP contribution in [0.4, 0.5) is 5.69 Å². The van der Waals surface area contributed by atoms with Gasteiger partial charge in [0.25, 0.3) is 0 Å². The van der Waals surface area contributed by atoms with Crippen molar-refractivity contribution in [1.29, 1.82) is 0 Å². The van der Waals surface area contributed by atoms with Gasteiger partial charge >= 0.3 is 0 Å². The summed E-state index contributed by atoms with van der Waals surface area (Å²) in [6.07, 6.45) is 0. The first-order valence-electron chi connectivity index (χ1n) is 5.73. The van der Waals surface area contributed by atoms with E-state index in [2.05, 4.69) is 5.32 Å². The second-order valence-corrected chi connectivity index (χ2v) is 4.84. The molecular weight excluding hydrogens is 246 g/mol. The molecule has 18 heavy (non-hydrogen) atoms. The van der Waals surface area contributed by atoms with Crippen LogP contribution in [0.3, 0.4) is 0 Å². The zero-order valence-corrected chi connectivity index (χ0v) is 11.7. The Morgan fingerprint density at radius 3 is 2.56 bits per heavy atom. The van der Waals surface area contributed by atoms with E-state index in [1.807, 2.05) is 32.9 Å². The summed E-state index contributed by atoms with van der Waals surface area (Å²) in [7, 11) is 0. The zero-order valence-electron chi connectivity index (χ0n) is 10.9. The smallest absolute Gasteiger partial charge is 0.221 e. The van der Waals surface area contributed by atoms with Crippen molar-refractivity contribution in [2.24, 2.45) is 0 Å². The minimum atomic E-state index is -0.118. The molecule has 0 fully saturated rings. The Bertz CT molecular complexity index is 701. The fraction of sp³-hybridized carbons (Fsp3) is 0.286. The van der Waals surface area contributed by atoms with E-state index in [0.29, 0.717) is 5.69 Å². The molecule has 1 N–H and O–H groups in total. The van der Waals surface area contributed by atoms with E-state index in [9.17, 15) is 4.79 Å². The highest BCUT2D eigenvalue weighted by molar-refractivity contribution is 7.71. The van der Waals surface area contributed by atoms with Crippen molar-refractivity contribution >= 4 is 34.8 Å². The lowest BCUT2D eigenvalue weighted by Crippen LogP contribution is -2.06. The van der Waals surface area contributed by atoms with Gasteiger partial charge in [0.05, 0.1) is 15.6 Å². The number of anilines is 1. The highest BCUT2D eigenvalue weighted by Gasteiger charge is 2.12. The van der Waals surface area contributed by atoms with E-state index in [-0.39, 0.29) is 5.91 Å². The maximum Gasteiger partial charge on any atom is 0.221 e. The maximum atomic E-state index is 11.2. The molecule has 0 bridgehead atoms. The van der Waals surface area contributed by atoms with E-state index in [1.54, 1.807) is 0 Å². The maximum absolute atomic E-state index is 11.2. The fourth-order valence-corrected chi connectivity index (χ4v) is 2.26. The van der Waals surface area contributed by atoms with Gasteiger partial charge in [-0.1, -0.05) is 18.3 Å². The topological polar surface area (TPSA) is 42.2 Å². The molecule has 0 unspecified atom stereocenters. The molecule has 2 aromatic rings. The van der Waals surface area contributed by atoms with E-state index < -0.39 is 0 Å². The van der Waals surface area contributed by atoms with Crippen LogP contribution in [-0.4, -0.2) is 5.91 Å². The standard InChI is InChI=1S/C14H15NO2S/c1-7-5-6-11(15-10(4)16)12-13(7)17-9(3)8(2)14(12)18/h5-6H,1-4H3,(H,15,16). The van der Waals surface area contributed by atoms with Crippen molar-refractivity contribution < 1.29 is 9.21 Å². The molecule has 1 aromatic heterocycles. The number of amides is 1. The van der Waals surface area contributed by atoms with Gasteiger partial charge in [0.2, 0.25) is 5.91 Å². The van der Waals surface area contributed by atoms with Gasteiger partial charge in [0.1, 0.15) is 11.3 Å². The van der Waals surface area contributed by atoms with Gasteiger partial charge in [-0.15, -0.1) is 0 Å². The number of aryl methyl sites for hydroxylation is 2. The number of nitrogens with one attached hydrogen (secondary N) is 1. The van der Waals surface area contributed by atoms with Gasteiger partial charge in [0.15, 0.2) is 0 Å². The van der Waals surface area contributed by atoms with Gasteiger partial charge in [-0.3, -0.25) is 4.79 Å². The van der Waals surface area contributed by atoms with Crippen LogP contribution in [0.1, 0.15) is 23.8 Å². The third-order valence-electron chi connectivity index (χ3n) is 3.02. The lowest BCUT2D eigenvalue weighted by atomic mass is 10.1. The molecular formula is C14H15NO2S. The number of carbonyl (C=O) groups is 1. The molecule has 1 amide bonds. The van der Waals surface area contributed by atoms with E-state index in [0.717, 1.165) is 32.4 Å². The number of hydrogen-bond donors (Lipinski definition) is 1. The Balaban J connectivity index is 2.91. The van der Waals surface area contributed by atoms with Crippen LogP contribution in [0.15, 0.2) is 16.5 Å². The molecule has 3 nitrogen and oxygen atoms in total. The third kappa shape index (κ3) is 2.04. The average molecular weight is 261 g/mol. The molecule has 2 rings (SSSR count). The second kappa shape index (κ2) is 4.53. The second-order valence-electron chi connectivity index (χ2n) is 4.43. The molecule has 0 aliphatic rings. The molecule has 1 aromatic carbocycles. The van der Waals surface area contributed by atoms with Gasteiger partial charge in [0, 0.05) is 12.5 Å². The third-order valence-corrected chi connectivity index (χ3v) is 3.53. The lowest BCUT2D eigenvalue weighted by Gasteiger charge is -2.11. The number of benzene rings is 1. The summed E-state index contributed by atoms with van der Waals surface area (Å²) >= 11 is 5.47. The van der Waals surface area contributed by atoms with Crippen molar-refractivity contribution in [3.8, 4) is 0 Å². The monoisotopic (exact) mass is 261 g/mol. The molecule has 0 aliphatic heterocycles. The number of rotatable bonds is 1. The number of carbonyl (C=O) groups excluding carboxylic acids is 1. The first kappa shape index (κ1) is 12.8. The fourth-order valence-electron chi connectivity index (χ4n) is 1.91. The van der Waals surface area contributed by atoms with E-state index in [4.69, 9.17) is 16.6 Å². The van der Waals surface area contributed by atoms with Crippen molar-refractivity contribution in [1.82, 2.24) is 0 Å². The summed E-state index contributed by atoms with van der Waals surface area (Å²) in [5.74, 6) is 0.698. The van der Waals surface area contributed by atoms with Crippen molar-refractivity contribution in [3.05, 3.63) is 33.5 Å². The van der Waals surface area contributed by atoms with Gasteiger partial charge in [-0.05, 0) is 32.4 Å². The first-order chi connectivity index (χ1) is 8.41. The highest BCUT2D eigenvalue weighted by atomic mass is 32.1. The van der Waals surface area contributed by atoms with Crippen LogP contribution in [-0.2, 0) is 4.79 Å². The summed E-state index contributed by atoms with van der Waals surface area (Å²) < 4.78 is 6.55. The Kier molecular flexibility index (Phi) is 3.22. The van der Waals surface area contributed by atoms with Crippen LogP contribution in [0.5, 0.6) is 0 Å². The largest absolute Gasteiger partial charge is 0.461 e. The van der Waals surface area contributed by atoms with Gasteiger partial charge in [-0.25, -0.2) is 0 Å². The SMILES string of the molecule is CC(=O)Nc1ccc(C)c2oc(C)c(C)c(=S)c12. The first-order valence-corrected chi connectivity index (χ1v) is 6.14. The number of hydrogen-bond acceptors (Lipinski definition) is 3. The predicted octanol–water partition coefficient (Wildman–Crippen LogP) is 4.05. The molecule has 0 saturated heterocycles. The zero-order chi connectivity index (χ0) is 13.4. The summed E-state index contributed by atoms with van der Waals surface area (Å²) in [5.41, 5.74) is 3.40. The summed E-state index contributed by atoms with van der Waals surface area (Å²) in [6, 6.07) is 3.78. The highest BCUT2D eigenvalue weighted by Crippen LogP contribution is 2.30. The summed E-state index contributed by atoms with van der Waals surface area (Å²) in [4.78, 5) is 11.2. The average Bonchev–Trinajstić information content (AvgIpc) is 2.29. The van der Waals surface area contributed by atoms with Crippen LogP contribution >= 0.6 is 12.2 Å². The molecule has 94 valence electrons.